The van der Waals surface area contributed by atoms with Gasteiger partial charge in [0.15, 0.2) is 6.29 Å². The number of carboxylic acid groups (broad SMARTS) is 1. The Balaban J connectivity index is 2.84. The number of hydrogen-bond acceptors (Lipinski definition) is 11. The van der Waals surface area contributed by atoms with E-state index in [9.17, 15) is 39.3 Å². The van der Waals surface area contributed by atoms with Crippen molar-refractivity contribution in [3.05, 3.63) is 0 Å². The summed E-state index contributed by atoms with van der Waals surface area (Å²) in [5, 5.41) is 46.2. The first kappa shape index (κ1) is 34.0. The Morgan fingerprint density at radius 2 is 1.72 bits per heavy atom. The number of carbonyl (C=O) groups excluding carboxylic acids is 4. The number of aliphatic hydroxyl groups is 3. The molecule has 224 valence electrons. The number of unbranched alkanes of at least 4 members (excludes halogenated alkanes) is 2. The van der Waals surface area contributed by atoms with Crippen LogP contribution in [0.4, 0.5) is 4.79 Å². The first-order valence-electron chi connectivity index (χ1n) is 12.6. The number of rotatable bonds is 16. The van der Waals surface area contributed by atoms with Gasteiger partial charge in [0.25, 0.3) is 0 Å². The summed E-state index contributed by atoms with van der Waals surface area (Å²) >= 11 is 0. The van der Waals surface area contributed by atoms with Gasteiger partial charge in [-0.2, -0.15) is 0 Å². The summed E-state index contributed by atoms with van der Waals surface area (Å²) in [5.41, 5.74) is 5.19. The van der Waals surface area contributed by atoms with Crippen molar-refractivity contribution < 1.29 is 58.6 Å². The molecule has 0 bridgehead atoms. The number of aliphatic carboxylic acids is 1. The van der Waals surface area contributed by atoms with Gasteiger partial charge in [0.2, 0.25) is 17.7 Å². The minimum absolute atomic E-state index is 0.113. The predicted molar refractivity (Wildman–Crippen MR) is 132 cm³/mol. The lowest BCUT2D eigenvalue weighted by molar-refractivity contribution is -0.265. The predicted octanol–water partition coefficient (Wildman–Crippen LogP) is -2.54. The van der Waals surface area contributed by atoms with Crippen molar-refractivity contribution in [1.82, 2.24) is 16.0 Å². The lowest BCUT2D eigenvalue weighted by Crippen LogP contribution is -2.66. The quantitative estimate of drug-likeness (QED) is 0.0902. The van der Waals surface area contributed by atoms with Gasteiger partial charge >= 0.3 is 12.1 Å². The lowest BCUT2D eigenvalue weighted by Gasteiger charge is -2.43. The van der Waals surface area contributed by atoms with E-state index in [0.29, 0.717) is 6.42 Å². The largest absolute Gasteiger partial charge is 0.481 e. The van der Waals surface area contributed by atoms with Crippen LogP contribution in [0.5, 0.6) is 0 Å². The summed E-state index contributed by atoms with van der Waals surface area (Å²) in [7, 11) is 0. The maximum Gasteiger partial charge on any atom is 0.407 e. The Morgan fingerprint density at radius 3 is 2.28 bits per heavy atom. The van der Waals surface area contributed by atoms with Crippen LogP contribution in [-0.4, -0.2) is 112 Å². The molecule has 0 radical (unpaired) electrons. The first-order valence-corrected chi connectivity index (χ1v) is 12.6. The van der Waals surface area contributed by atoms with Gasteiger partial charge in [-0.3, -0.25) is 19.2 Å². The van der Waals surface area contributed by atoms with Gasteiger partial charge in [0.1, 0.15) is 42.5 Å². The van der Waals surface area contributed by atoms with Gasteiger partial charge in [0, 0.05) is 6.42 Å². The molecule has 9 N–H and O–H groups in total. The molecule has 1 heterocycles. The number of nitrogens with two attached hydrogens (primary N) is 1. The van der Waals surface area contributed by atoms with Gasteiger partial charge in [-0.05, 0) is 26.7 Å². The SMILES string of the molecule is CCCCCOC(=O)N[C@H]1C(O)O[C@H](CO)[C@@H](O)[C@@H]1O[C@H](C)C(=O)N[C@@H](C)C(=O)N[C@H](CCC(=O)O)C(N)=O. The molecule has 16 heteroatoms. The molecule has 0 aromatic carbocycles. The number of carboxylic acids is 1. The molecule has 1 aliphatic heterocycles. The zero-order valence-electron chi connectivity index (χ0n) is 22.2. The molecule has 0 saturated carbocycles. The van der Waals surface area contributed by atoms with E-state index in [1.165, 1.54) is 13.8 Å². The average molecular weight is 565 g/mol. The van der Waals surface area contributed by atoms with Crippen LogP contribution in [-0.2, 0) is 33.4 Å². The molecular weight excluding hydrogens is 524 g/mol. The van der Waals surface area contributed by atoms with E-state index in [4.69, 9.17) is 25.1 Å². The number of carbonyl (C=O) groups is 5. The van der Waals surface area contributed by atoms with Crippen LogP contribution in [0.15, 0.2) is 0 Å². The van der Waals surface area contributed by atoms with Crippen molar-refractivity contribution in [2.24, 2.45) is 5.73 Å². The van der Waals surface area contributed by atoms with Gasteiger partial charge in [-0.25, -0.2) is 4.79 Å². The smallest absolute Gasteiger partial charge is 0.407 e. The Morgan fingerprint density at radius 1 is 1.05 bits per heavy atom. The molecule has 4 amide bonds. The second-order valence-corrected chi connectivity index (χ2v) is 9.12. The number of ether oxygens (including phenoxy) is 3. The average Bonchev–Trinajstić information content (AvgIpc) is 2.87. The van der Waals surface area contributed by atoms with Crippen LogP contribution in [0.1, 0.15) is 52.9 Å². The topological polar surface area (TPSA) is 256 Å². The van der Waals surface area contributed by atoms with Crippen LogP contribution < -0.4 is 21.7 Å². The fourth-order valence-corrected chi connectivity index (χ4v) is 3.64. The highest BCUT2D eigenvalue weighted by Gasteiger charge is 2.47. The molecule has 0 aromatic rings. The highest BCUT2D eigenvalue weighted by Crippen LogP contribution is 2.24. The molecule has 1 rings (SSSR count). The number of alkyl carbamates (subject to hydrolysis) is 1. The van der Waals surface area contributed by atoms with Crippen LogP contribution in [0.2, 0.25) is 0 Å². The van der Waals surface area contributed by atoms with Gasteiger partial charge < -0.3 is 56.3 Å². The maximum absolute atomic E-state index is 12.7. The molecule has 1 unspecified atom stereocenters. The minimum Gasteiger partial charge on any atom is -0.481 e. The van der Waals surface area contributed by atoms with E-state index < -0.39 is 91.6 Å². The zero-order chi connectivity index (χ0) is 29.7. The molecular formula is C23H40N4O12. The third-order valence-corrected chi connectivity index (χ3v) is 5.93. The first-order chi connectivity index (χ1) is 18.3. The zero-order valence-corrected chi connectivity index (χ0v) is 22.2. The van der Waals surface area contributed by atoms with Gasteiger partial charge in [0.05, 0.1) is 13.2 Å². The summed E-state index contributed by atoms with van der Waals surface area (Å²) in [6.45, 7) is 3.96. The highest BCUT2D eigenvalue weighted by atomic mass is 16.6. The van der Waals surface area contributed by atoms with Crippen molar-refractivity contribution in [2.75, 3.05) is 13.2 Å². The van der Waals surface area contributed by atoms with E-state index in [2.05, 4.69) is 16.0 Å². The summed E-state index contributed by atoms with van der Waals surface area (Å²) < 4.78 is 15.8. The van der Waals surface area contributed by atoms with Crippen molar-refractivity contribution in [3.8, 4) is 0 Å². The number of aliphatic hydroxyl groups excluding tert-OH is 3. The van der Waals surface area contributed by atoms with Crippen molar-refractivity contribution in [1.29, 1.82) is 0 Å². The number of amides is 4. The van der Waals surface area contributed by atoms with Crippen LogP contribution in [0, 0.1) is 0 Å². The van der Waals surface area contributed by atoms with Crippen LogP contribution >= 0.6 is 0 Å². The molecule has 0 aliphatic carbocycles. The fourth-order valence-electron chi connectivity index (χ4n) is 3.64. The fraction of sp³-hybridized carbons (Fsp3) is 0.783. The summed E-state index contributed by atoms with van der Waals surface area (Å²) in [5.74, 6) is -3.80. The third kappa shape index (κ3) is 11.3. The van der Waals surface area contributed by atoms with E-state index in [-0.39, 0.29) is 13.0 Å². The Hall–Kier alpha value is -3.05. The summed E-state index contributed by atoms with van der Waals surface area (Å²) in [4.78, 5) is 59.6. The number of primary amides is 1. The molecule has 1 fully saturated rings. The Bertz CT molecular complexity index is 844. The summed E-state index contributed by atoms with van der Waals surface area (Å²) in [6.07, 6.45) is -6.62. The molecule has 0 spiro atoms. The summed E-state index contributed by atoms with van der Waals surface area (Å²) in [6, 6.07) is -3.87. The number of hydrogen-bond donors (Lipinski definition) is 8. The van der Waals surface area contributed by atoms with Crippen molar-refractivity contribution >= 4 is 29.8 Å². The minimum atomic E-state index is -1.73. The van der Waals surface area contributed by atoms with Crippen LogP contribution in [0.3, 0.4) is 0 Å². The van der Waals surface area contributed by atoms with Gasteiger partial charge in [-0.15, -0.1) is 0 Å². The van der Waals surface area contributed by atoms with E-state index in [1.54, 1.807) is 0 Å². The highest BCUT2D eigenvalue weighted by molar-refractivity contribution is 5.92. The maximum atomic E-state index is 12.7. The normalized spacial score (nSPS) is 25.0. The van der Waals surface area contributed by atoms with E-state index in [0.717, 1.165) is 12.8 Å². The Kier molecular flexibility index (Phi) is 14.6. The monoisotopic (exact) mass is 564 g/mol. The second kappa shape index (κ2) is 16.8. The Labute approximate surface area is 225 Å². The van der Waals surface area contributed by atoms with Crippen molar-refractivity contribution in [3.63, 3.8) is 0 Å². The second-order valence-electron chi connectivity index (χ2n) is 9.12. The molecule has 39 heavy (non-hydrogen) atoms. The molecule has 0 aromatic heterocycles. The molecule has 1 aliphatic rings. The molecule has 16 nitrogen and oxygen atoms in total. The lowest BCUT2D eigenvalue weighted by atomic mass is 9.96. The van der Waals surface area contributed by atoms with Gasteiger partial charge in [-0.1, -0.05) is 19.8 Å². The van der Waals surface area contributed by atoms with Crippen molar-refractivity contribution in [2.45, 2.75) is 102 Å². The standard InChI is InChI=1S/C23H40N4O12/c1-4-5-6-9-37-23(36)27-16-18(17(31)14(10-28)39-22(16)35)38-12(3)21(34)25-11(2)20(33)26-13(19(24)32)7-8-15(29)30/h11-14,16-18,22,28,31,35H,4-10H2,1-3H3,(H2,24,32)(H,25,34)(H,26,33)(H,27,36)(H,29,30)/t11-,12+,13+,14+,16+,17+,18+,22?/m0/s1. The molecule has 8 atom stereocenters. The molecule has 1 saturated heterocycles. The van der Waals surface area contributed by atoms with E-state index >= 15 is 0 Å². The number of nitrogens with one attached hydrogen (secondary N) is 3. The third-order valence-electron chi connectivity index (χ3n) is 5.93. The van der Waals surface area contributed by atoms with E-state index in [1.807, 2.05) is 6.92 Å². The van der Waals surface area contributed by atoms with Crippen LogP contribution in [0.25, 0.3) is 0 Å².